The summed E-state index contributed by atoms with van der Waals surface area (Å²) in [6.07, 6.45) is 0.939. The Bertz CT molecular complexity index is 616. The maximum Gasteiger partial charge on any atom is 0.160 e. The predicted octanol–water partition coefficient (Wildman–Crippen LogP) is 4.19. The lowest BCUT2D eigenvalue weighted by atomic mass is 10.1. The first-order valence-corrected chi connectivity index (χ1v) is 8.10. The van der Waals surface area contributed by atoms with Gasteiger partial charge in [0.15, 0.2) is 11.5 Å². The lowest BCUT2D eigenvalue weighted by Crippen LogP contribution is -2.27. The van der Waals surface area contributed by atoms with E-state index in [9.17, 15) is 0 Å². The van der Waals surface area contributed by atoms with E-state index < -0.39 is 0 Å². The van der Waals surface area contributed by atoms with Crippen LogP contribution in [0.15, 0.2) is 46.9 Å². The minimum Gasteiger partial charge on any atom is -0.493 e. The zero-order valence-electron chi connectivity index (χ0n) is 13.2. The second kappa shape index (κ2) is 8.20. The van der Waals surface area contributed by atoms with Gasteiger partial charge in [-0.25, -0.2) is 0 Å². The largest absolute Gasteiger partial charge is 0.493 e. The average Bonchev–Trinajstić information content (AvgIpc) is 2.53. The van der Waals surface area contributed by atoms with Crippen molar-refractivity contribution in [3.63, 3.8) is 0 Å². The molecule has 1 atom stereocenters. The first kappa shape index (κ1) is 16.8. The highest BCUT2D eigenvalue weighted by Gasteiger charge is 2.08. The highest BCUT2D eigenvalue weighted by atomic mass is 79.9. The molecule has 0 aliphatic heterocycles. The van der Waals surface area contributed by atoms with E-state index in [0.29, 0.717) is 6.04 Å². The van der Waals surface area contributed by atoms with Gasteiger partial charge >= 0.3 is 0 Å². The summed E-state index contributed by atoms with van der Waals surface area (Å²) >= 11 is 3.50. The molecule has 4 heteroatoms. The minimum atomic E-state index is 0.372. The number of benzene rings is 2. The molecular weight excluding hydrogens is 342 g/mol. The molecule has 0 radical (unpaired) electrons. The van der Waals surface area contributed by atoms with Crippen LogP contribution in [0.2, 0.25) is 0 Å². The molecule has 0 spiro atoms. The Kier molecular flexibility index (Phi) is 6.28. The molecule has 118 valence electrons. The van der Waals surface area contributed by atoms with Crippen molar-refractivity contribution in [3.05, 3.63) is 58.1 Å². The van der Waals surface area contributed by atoms with Crippen LogP contribution in [0.4, 0.5) is 0 Å². The number of nitrogens with one attached hydrogen (secondary N) is 1. The van der Waals surface area contributed by atoms with Crippen LogP contribution in [0.5, 0.6) is 11.5 Å². The van der Waals surface area contributed by atoms with Crippen LogP contribution in [0.3, 0.4) is 0 Å². The van der Waals surface area contributed by atoms with Crippen molar-refractivity contribution >= 4 is 15.9 Å². The van der Waals surface area contributed by atoms with E-state index in [1.54, 1.807) is 14.2 Å². The van der Waals surface area contributed by atoms with Crippen LogP contribution in [0, 0.1) is 0 Å². The van der Waals surface area contributed by atoms with E-state index in [1.807, 2.05) is 18.2 Å². The second-order valence-corrected chi connectivity index (χ2v) is 6.22. The highest BCUT2D eigenvalue weighted by molar-refractivity contribution is 9.10. The van der Waals surface area contributed by atoms with Gasteiger partial charge in [-0.1, -0.05) is 34.1 Å². The van der Waals surface area contributed by atoms with Gasteiger partial charge in [-0.05, 0) is 48.7 Å². The van der Waals surface area contributed by atoms with Gasteiger partial charge in [-0.3, -0.25) is 0 Å². The van der Waals surface area contributed by atoms with Crippen molar-refractivity contribution in [2.75, 3.05) is 14.2 Å². The standard InChI is InChI=1S/C18H22BrNO2/c1-13(20-12-15-5-4-6-16(19)10-15)9-14-7-8-17(21-2)18(11-14)22-3/h4-8,10-11,13,20H,9,12H2,1-3H3/t13-/m0/s1. The van der Waals surface area contributed by atoms with Gasteiger partial charge in [0.2, 0.25) is 0 Å². The third-order valence-electron chi connectivity index (χ3n) is 3.53. The summed E-state index contributed by atoms with van der Waals surface area (Å²) in [5, 5.41) is 3.55. The maximum atomic E-state index is 5.35. The van der Waals surface area contributed by atoms with Crippen molar-refractivity contribution < 1.29 is 9.47 Å². The van der Waals surface area contributed by atoms with Crippen LogP contribution in [-0.2, 0) is 13.0 Å². The molecule has 0 unspecified atom stereocenters. The van der Waals surface area contributed by atoms with Crippen molar-refractivity contribution in [2.24, 2.45) is 0 Å². The summed E-state index contributed by atoms with van der Waals surface area (Å²) in [4.78, 5) is 0. The van der Waals surface area contributed by atoms with E-state index >= 15 is 0 Å². The van der Waals surface area contributed by atoms with Gasteiger partial charge in [0, 0.05) is 17.1 Å². The molecule has 0 fully saturated rings. The molecule has 0 aliphatic rings. The monoisotopic (exact) mass is 363 g/mol. The number of halogens is 1. The van der Waals surface area contributed by atoms with Crippen LogP contribution >= 0.6 is 15.9 Å². The molecular formula is C18H22BrNO2. The predicted molar refractivity (Wildman–Crippen MR) is 93.7 cm³/mol. The van der Waals surface area contributed by atoms with Crippen LogP contribution in [0.1, 0.15) is 18.1 Å². The zero-order valence-corrected chi connectivity index (χ0v) is 14.8. The fraction of sp³-hybridized carbons (Fsp3) is 0.333. The molecule has 2 aromatic rings. The molecule has 0 aromatic heterocycles. The smallest absolute Gasteiger partial charge is 0.160 e. The lowest BCUT2D eigenvalue weighted by Gasteiger charge is -2.15. The van der Waals surface area contributed by atoms with Gasteiger partial charge in [-0.15, -0.1) is 0 Å². The van der Waals surface area contributed by atoms with Gasteiger partial charge in [0.25, 0.3) is 0 Å². The summed E-state index contributed by atoms with van der Waals surface area (Å²) in [5.41, 5.74) is 2.50. The summed E-state index contributed by atoms with van der Waals surface area (Å²) in [6, 6.07) is 14.8. The third-order valence-corrected chi connectivity index (χ3v) is 4.03. The van der Waals surface area contributed by atoms with Gasteiger partial charge in [0.05, 0.1) is 14.2 Å². The molecule has 2 aromatic carbocycles. The number of hydrogen-bond donors (Lipinski definition) is 1. The Balaban J connectivity index is 1.93. The van der Waals surface area contributed by atoms with Gasteiger partial charge < -0.3 is 14.8 Å². The summed E-state index contributed by atoms with van der Waals surface area (Å²) < 4.78 is 11.7. The van der Waals surface area contributed by atoms with Crippen LogP contribution in [-0.4, -0.2) is 20.3 Å². The Morgan fingerprint density at radius 3 is 2.45 bits per heavy atom. The Morgan fingerprint density at radius 1 is 1.00 bits per heavy atom. The first-order valence-electron chi connectivity index (χ1n) is 7.31. The fourth-order valence-electron chi connectivity index (χ4n) is 2.37. The van der Waals surface area contributed by atoms with Crippen LogP contribution in [0.25, 0.3) is 0 Å². The number of hydrogen-bond acceptors (Lipinski definition) is 3. The van der Waals surface area contributed by atoms with Crippen molar-refractivity contribution in [2.45, 2.75) is 25.9 Å². The molecule has 0 aliphatic carbocycles. The van der Waals surface area contributed by atoms with E-state index in [0.717, 1.165) is 28.9 Å². The Labute approximate surface area is 140 Å². The summed E-state index contributed by atoms with van der Waals surface area (Å²) in [6.45, 7) is 3.04. The molecule has 22 heavy (non-hydrogen) atoms. The molecule has 1 N–H and O–H groups in total. The lowest BCUT2D eigenvalue weighted by molar-refractivity contribution is 0.354. The van der Waals surface area contributed by atoms with E-state index in [1.165, 1.54) is 11.1 Å². The van der Waals surface area contributed by atoms with E-state index in [2.05, 4.69) is 52.4 Å². The molecule has 0 saturated carbocycles. The second-order valence-electron chi connectivity index (χ2n) is 5.31. The zero-order chi connectivity index (χ0) is 15.9. The number of methoxy groups -OCH3 is 2. The number of rotatable bonds is 7. The first-order chi connectivity index (χ1) is 10.6. The molecule has 0 saturated heterocycles. The quantitative estimate of drug-likeness (QED) is 0.799. The molecule has 0 heterocycles. The Morgan fingerprint density at radius 2 is 1.77 bits per heavy atom. The van der Waals surface area contributed by atoms with Gasteiger partial charge in [0.1, 0.15) is 0 Å². The molecule has 0 amide bonds. The van der Waals surface area contributed by atoms with E-state index in [-0.39, 0.29) is 0 Å². The summed E-state index contributed by atoms with van der Waals surface area (Å²) in [5.74, 6) is 1.54. The SMILES string of the molecule is COc1ccc(C[C@H](C)NCc2cccc(Br)c2)cc1OC. The van der Waals surface area contributed by atoms with Gasteiger partial charge in [-0.2, -0.15) is 0 Å². The Hall–Kier alpha value is -1.52. The van der Waals surface area contributed by atoms with Crippen molar-refractivity contribution in [1.29, 1.82) is 0 Å². The number of ether oxygens (including phenoxy) is 2. The molecule has 2 rings (SSSR count). The van der Waals surface area contributed by atoms with Crippen LogP contribution < -0.4 is 14.8 Å². The average molecular weight is 364 g/mol. The third kappa shape index (κ3) is 4.75. The molecule has 0 bridgehead atoms. The molecule has 3 nitrogen and oxygen atoms in total. The van der Waals surface area contributed by atoms with Crippen molar-refractivity contribution in [1.82, 2.24) is 5.32 Å². The maximum absolute atomic E-state index is 5.35. The highest BCUT2D eigenvalue weighted by Crippen LogP contribution is 2.28. The summed E-state index contributed by atoms with van der Waals surface area (Å²) in [7, 11) is 3.32. The van der Waals surface area contributed by atoms with E-state index in [4.69, 9.17) is 9.47 Å². The topological polar surface area (TPSA) is 30.5 Å². The minimum absolute atomic E-state index is 0.372. The fourth-order valence-corrected chi connectivity index (χ4v) is 2.82. The normalized spacial score (nSPS) is 12.0. The van der Waals surface area contributed by atoms with Crippen molar-refractivity contribution in [3.8, 4) is 11.5 Å².